The zero-order valence-electron chi connectivity index (χ0n) is 12.0. The molecule has 0 spiro atoms. The van der Waals surface area contributed by atoms with Gasteiger partial charge in [-0.1, -0.05) is 12.1 Å². The normalized spacial score (nSPS) is 17.5. The highest BCUT2D eigenvalue weighted by Crippen LogP contribution is 2.27. The van der Waals surface area contributed by atoms with Crippen molar-refractivity contribution < 1.29 is 19.4 Å². The highest BCUT2D eigenvalue weighted by Gasteiger charge is 2.39. The molecule has 2 rings (SSSR count). The fourth-order valence-corrected chi connectivity index (χ4v) is 2.50. The van der Waals surface area contributed by atoms with E-state index < -0.39 is 5.97 Å². The topological polar surface area (TPSA) is 59.0 Å². The second kappa shape index (κ2) is 6.24. The van der Waals surface area contributed by atoms with Crippen LogP contribution in [0.1, 0.15) is 19.4 Å². The maximum Gasteiger partial charge on any atom is 0.329 e. The van der Waals surface area contributed by atoms with Crippen molar-refractivity contribution in [3.63, 3.8) is 0 Å². The zero-order chi connectivity index (χ0) is 14.6. The van der Waals surface area contributed by atoms with Gasteiger partial charge in [0.15, 0.2) is 0 Å². The van der Waals surface area contributed by atoms with E-state index in [4.69, 9.17) is 14.6 Å². The van der Waals surface area contributed by atoms with Gasteiger partial charge in [-0.25, -0.2) is 4.79 Å². The molecule has 1 heterocycles. The number of carboxylic acids is 1. The Bertz CT molecular complexity index is 469. The molecule has 5 nitrogen and oxygen atoms in total. The SMILES string of the molecule is CCOc1cccc(CN2CC(C)(OCC(=O)O)C2)c1. The van der Waals surface area contributed by atoms with Gasteiger partial charge in [-0.3, -0.25) is 4.90 Å². The number of nitrogens with zero attached hydrogens (tertiary/aromatic N) is 1. The standard InChI is InChI=1S/C15H21NO4/c1-3-19-13-6-4-5-12(7-13)8-16-10-15(2,11-16)20-9-14(17)18/h4-7H,3,8-11H2,1-2H3,(H,17,18). The Morgan fingerprint density at radius 3 is 2.85 bits per heavy atom. The van der Waals surface area contributed by atoms with E-state index in [1.165, 1.54) is 5.56 Å². The Balaban J connectivity index is 1.82. The van der Waals surface area contributed by atoms with E-state index >= 15 is 0 Å². The van der Waals surface area contributed by atoms with E-state index in [0.29, 0.717) is 6.61 Å². The van der Waals surface area contributed by atoms with Gasteiger partial charge in [0.1, 0.15) is 12.4 Å². The van der Waals surface area contributed by atoms with Gasteiger partial charge in [-0.15, -0.1) is 0 Å². The lowest BCUT2D eigenvalue weighted by atomic mass is 9.95. The summed E-state index contributed by atoms with van der Waals surface area (Å²) in [6.07, 6.45) is 0. The maximum atomic E-state index is 10.5. The maximum absolute atomic E-state index is 10.5. The van der Waals surface area contributed by atoms with E-state index in [0.717, 1.165) is 25.4 Å². The summed E-state index contributed by atoms with van der Waals surface area (Å²) in [5, 5.41) is 8.63. The Morgan fingerprint density at radius 1 is 1.45 bits per heavy atom. The van der Waals surface area contributed by atoms with Crippen LogP contribution >= 0.6 is 0 Å². The average molecular weight is 279 g/mol. The summed E-state index contributed by atoms with van der Waals surface area (Å²) in [6, 6.07) is 8.04. The van der Waals surface area contributed by atoms with Gasteiger partial charge >= 0.3 is 5.97 Å². The monoisotopic (exact) mass is 279 g/mol. The molecule has 1 N–H and O–H groups in total. The molecule has 110 valence electrons. The van der Waals surface area contributed by atoms with Crippen molar-refractivity contribution in [3.05, 3.63) is 29.8 Å². The number of likely N-dealkylation sites (tertiary alicyclic amines) is 1. The Morgan fingerprint density at radius 2 is 2.20 bits per heavy atom. The molecule has 0 atom stereocenters. The van der Waals surface area contributed by atoms with Gasteiger partial charge in [0.05, 0.1) is 12.2 Å². The minimum absolute atomic E-state index is 0.232. The molecule has 0 amide bonds. The molecule has 20 heavy (non-hydrogen) atoms. The molecule has 0 saturated carbocycles. The second-order valence-corrected chi connectivity index (χ2v) is 5.36. The van der Waals surface area contributed by atoms with Crippen LogP contribution < -0.4 is 4.74 Å². The van der Waals surface area contributed by atoms with Crippen LogP contribution in [0.5, 0.6) is 5.75 Å². The van der Waals surface area contributed by atoms with Gasteiger partial charge in [0.2, 0.25) is 0 Å². The number of carboxylic acid groups (broad SMARTS) is 1. The highest BCUT2D eigenvalue weighted by atomic mass is 16.5. The predicted molar refractivity (Wildman–Crippen MR) is 74.9 cm³/mol. The second-order valence-electron chi connectivity index (χ2n) is 5.36. The minimum Gasteiger partial charge on any atom is -0.494 e. The molecular formula is C15H21NO4. The largest absolute Gasteiger partial charge is 0.494 e. The summed E-state index contributed by atoms with van der Waals surface area (Å²) >= 11 is 0. The van der Waals surface area contributed by atoms with Crippen LogP contribution in [0, 0.1) is 0 Å². The smallest absolute Gasteiger partial charge is 0.329 e. The number of aliphatic carboxylic acids is 1. The number of benzene rings is 1. The number of rotatable bonds is 7. The fraction of sp³-hybridized carbons (Fsp3) is 0.533. The fourth-order valence-electron chi connectivity index (χ4n) is 2.50. The van der Waals surface area contributed by atoms with Gasteiger partial charge in [0.25, 0.3) is 0 Å². The third-order valence-electron chi connectivity index (χ3n) is 3.28. The molecule has 1 fully saturated rings. The van der Waals surface area contributed by atoms with Gasteiger partial charge in [-0.2, -0.15) is 0 Å². The third-order valence-corrected chi connectivity index (χ3v) is 3.28. The Kier molecular flexibility index (Phi) is 4.62. The lowest BCUT2D eigenvalue weighted by Gasteiger charge is -2.47. The molecule has 0 radical (unpaired) electrons. The predicted octanol–water partition coefficient (Wildman–Crippen LogP) is 1.76. The van der Waals surface area contributed by atoms with E-state index in [9.17, 15) is 4.79 Å². The molecule has 1 saturated heterocycles. The van der Waals surface area contributed by atoms with Crippen molar-refractivity contribution in [1.29, 1.82) is 0 Å². The van der Waals surface area contributed by atoms with Crippen LogP contribution in [0.3, 0.4) is 0 Å². The van der Waals surface area contributed by atoms with Crippen molar-refractivity contribution in [2.45, 2.75) is 26.0 Å². The average Bonchev–Trinajstić information content (AvgIpc) is 2.35. The molecule has 1 aliphatic heterocycles. The molecule has 0 bridgehead atoms. The molecule has 1 aliphatic rings. The van der Waals surface area contributed by atoms with Crippen LogP contribution in [-0.4, -0.2) is 47.9 Å². The quantitative estimate of drug-likeness (QED) is 0.824. The first kappa shape index (κ1) is 14.8. The van der Waals surface area contributed by atoms with Crippen LogP contribution in [0.2, 0.25) is 0 Å². The van der Waals surface area contributed by atoms with Gasteiger partial charge in [-0.05, 0) is 31.5 Å². The van der Waals surface area contributed by atoms with E-state index in [-0.39, 0.29) is 12.2 Å². The molecule has 0 aliphatic carbocycles. The lowest BCUT2D eigenvalue weighted by Crippen LogP contribution is -2.61. The molecule has 1 aromatic carbocycles. The van der Waals surface area contributed by atoms with Crippen molar-refractivity contribution in [2.24, 2.45) is 0 Å². The first-order chi connectivity index (χ1) is 9.50. The molecule has 0 aromatic heterocycles. The van der Waals surface area contributed by atoms with Crippen LogP contribution in [0.25, 0.3) is 0 Å². The van der Waals surface area contributed by atoms with Crippen LogP contribution in [0.4, 0.5) is 0 Å². The molecule has 1 aromatic rings. The summed E-state index contributed by atoms with van der Waals surface area (Å²) in [5.41, 5.74) is 0.854. The van der Waals surface area contributed by atoms with Gasteiger partial charge < -0.3 is 14.6 Å². The number of ether oxygens (including phenoxy) is 2. The molecular weight excluding hydrogens is 258 g/mol. The Hall–Kier alpha value is -1.59. The van der Waals surface area contributed by atoms with Crippen molar-refractivity contribution in [2.75, 3.05) is 26.3 Å². The lowest BCUT2D eigenvalue weighted by molar-refractivity contribution is -0.165. The number of hydrogen-bond donors (Lipinski definition) is 1. The van der Waals surface area contributed by atoms with E-state index in [2.05, 4.69) is 11.0 Å². The highest BCUT2D eigenvalue weighted by molar-refractivity contribution is 5.68. The molecule has 0 unspecified atom stereocenters. The first-order valence-corrected chi connectivity index (χ1v) is 6.80. The third kappa shape index (κ3) is 3.95. The summed E-state index contributed by atoms with van der Waals surface area (Å²) in [6.45, 7) is 6.67. The summed E-state index contributed by atoms with van der Waals surface area (Å²) < 4.78 is 10.9. The first-order valence-electron chi connectivity index (χ1n) is 6.80. The van der Waals surface area contributed by atoms with Crippen molar-refractivity contribution >= 4 is 5.97 Å². The van der Waals surface area contributed by atoms with Crippen molar-refractivity contribution in [3.8, 4) is 5.75 Å². The summed E-state index contributed by atoms with van der Waals surface area (Å²) in [5.74, 6) is -0.0375. The Labute approximate surface area is 119 Å². The van der Waals surface area contributed by atoms with Crippen LogP contribution in [-0.2, 0) is 16.1 Å². The van der Waals surface area contributed by atoms with Crippen LogP contribution in [0.15, 0.2) is 24.3 Å². The minimum atomic E-state index is -0.922. The van der Waals surface area contributed by atoms with Crippen molar-refractivity contribution in [1.82, 2.24) is 4.90 Å². The number of hydrogen-bond acceptors (Lipinski definition) is 4. The molecule has 5 heteroatoms. The number of carbonyl (C=O) groups is 1. The summed E-state index contributed by atoms with van der Waals surface area (Å²) in [7, 11) is 0. The van der Waals surface area contributed by atoms with E-state index in [1.54, 1.807) is 0 Å². The van der Waals surface area contributed by atoms with Gasteiger partial charge in [0, 0.05) is 19.6 Å². The van der Waals surface area contributed by atoms with E-state index in [1.807, 2.05) is 32.0 Å². The zero-order valence-corrected chi connectivity index (χ0v) is 12.0. The summed E-state index contributed by atoms with van der Waals surface area (Å²) in [4.78, 5) is 12.7.